The number of nitrogens with zero attached hydrogens (tertiary/aromatic N) is 3. The van der Waals surface area contributed by atoms with Gasteiger partial charge >= 0.3 is 0 Å². The highest BCUT2D eigenvalue weighted by atomic mass is 35.5. The zero-order valence-electron chi connectivity index (χ0n) is 13.1. The number of piperidine rings is 1. The molecule has 0 N–H and O–H groups in total. The molecule has 1 unspecified atom stereocenters. The molecule has 1 fully saturated rings. The Morgan fingerprint density at radius 1 is 1.23 bits per heavy atom. The molecule has 22 heavy (non-hydrogen) atoms. The van der Waals surface area contributed by atoms with Crippen molar-refractivity contribution in [3.8, 4) is 0 Å². The minimum absolute atomic E-state index is 0.670. The van der Waals surface area contributed by atoms with Crippen molar-refractivity contribution in [3.63, 3.8) is 0 Å². The zero-order valence-corrected chi connectivity index (χ0v) is 14.6. The summed E-state index contributed by atoms with van der Waals surface area (Å²) in [5, 5.41) is 1.81. The van der Waals surface area contributed by atoms with Crippen molar-refractivity contribution in [2.75, 3.05) is 13.1 Å². The second-order valence-electron chi connectivity index (χ2n) is 6.80. The minimum atomic E-state index is 0.670. The Morgan fingerprint density at radius 2 is 2.05 bits per heavy atom. The van der Waals surface area contributed by atoms with Gasteiger partial charge in [0.15, 0.2) is 0 Å². The molecule has 3 nitrogen and oxygen atoms in total. The van der Waals surface area contributed by atoms with Crippen LogP contribution in [-0.2, 0) is 19.4 Å². The van der Waals surface area contributed by atoms with Crippen molar-refractivity contribution >= 4 is 33.2 Å². The van der Waals surface area contributed by atoms with Crippen LogP contribution in [0.2, 0.25) is 5.15 Å². The molecule has 4 rings (SSSR count). The van der Waals surface area contributed by atoms with Crippen LogP contribution >= 0.6 is 22.9 Å². The Labute approximate surface area is 140 Å². The van der Waals surface area contributed by atoms with E-state index in [0.717, 1.165) is 48.0 Å². The van der Waals surface area contributed by atoms with Crippen LogP contribution in [0.5, 0.6) is 0 Å². The van der Waals surface area contributed by atoms with Crippen molar-refractivity contribution in [2.45, 2.75) is 52.0 Å². The van der Waals surface area contributed by atoms with Crippen molar-refractivity contribution in [2.24, 2.45) is 5.92 Å². The first-order valence-corrected chi connectivity index (χ1v) is 9.59. The number of thiophene rings is 1. The van der Waals surface area contributed by atoms with E-state index in [1.165, 1.54) is 42.5 Å². The molecule has 118 valence electrons. The fraction of sp³-hybridized carbons (Fsp3) is 0.647. The van der Waals surface area contributed by atoms with Gasteiger partial charge in [0.05, 0.1) is 11.9 Å². The second kappa shape index (κ2) is 6.06. The average Bonchev–Trinajstić information content (AvgIpc) is 2.85. The van der Waals surface area contributed by atoms with Gasteiger partial charge in [-0.05, 0) is 56.7 Å². The molecule has 3 heterocycles. The highest BCUT2D eigenvalue weighted by Gasteiger charge is 2.23. The second-order valence-corrected chi connectivity index (χ2v) is 8.24. The van der Waals surface area contributed by atoms with Gasteiger partial charge in [0, 0.05) is 4.88 Å². The van der Waals surface area contributed by atoms with Crippen LogP contribution in [0.25, 0.3) is 10.2 Å². The monoisotopic (exact) mass is 335 g/mol. The largest absolute Gasteiger partial charge is 0.296 e. The zero-order chi connectivity index (χ0) is 15.1. The molecule has 2 aliphatic rings. The number of likely N-dealkylation sites (tertiary alicyclic amines) is 1. The molecule has 1 saturated heterocycles. The number of aryl methyl sites for hydroxylation is 1. The van der Waals surface area contributed by atoms with Crippen molar-refractivity contribution in [3.05, 3.63) is 21.4 Å². The first kappa shape index (κ1) is 14.9. The van der Waals surface area contributed by atoms with Crippen LogP contribution < -0.4 is 0 Å². The predicted octanol–water partition coefficient (Wildman–Crippen LogP) is 4.46. The predicted molar refractivity (Wildman–Crippen MR) is 92.7 cm³/mol. The molecule has 0 spiro atoms. The Bertz CT molecular complexity index is 691. The molecule has 5 heteroatoms. The van der Waals surface area contributed by atoms with Crippen LogP contribution in [-0.4, -0.2) is 28.0 Å². The van der Waals surface area contributed by atoms with Crippen LogP contribution in [0.15, 0.2) is 0 Å². The number of halogens is 1. The molecular formula is C17H22ClN3S. The SMILES string of the molecule is CC1CCc2c(sc3nc(CN4CCCCC4)nc(Cl)c23)C1. The molecule has 2 aromatic heterocycles. The summed E-state index contributed by atoms with van der Waals surface area (Å²) in [6.45, 7) is 5.51. The Balaban J connectivity index is 1.67. The summed E-state index contributed by atoms with van der Waals surface area (Å²) in [5.41, 5.74) is 1.42. The Kier molecular flexibility index (Phi) is 4.09. The van der Waals surface area contributed by atoms with E-state index < -0.39 is 0 Å². The number of fused-ring (bicyclic) bond motifs is 3. The van der Waals surface area contributed by atoms with Gasteiger partial charge in [-0.15, -0.1) is 11.3 Å². The van der Waals surface area contributed by atoms with E-state index >= 15 is 0 Å². The van der Waals surface area contributed by atoms with Gasteiger partial charge in [-0.1, -0.05) is 24.9 Å². The lowest BCUT2D eigenvalue weighted by Crippen LogP contribution is -2.29. The van der Waals surface area contributed by atoms with Crippen LogP contribution in [0.4, 0.5) is 0 Å². The van der Waals surface area contributed by atoms with Crippen LogP contribution in [0.3, 0.4) is 0 Å². The summed E-state index contributed by atoms with van der Waals surface area (Å²) in [6.07, 6.45) is 7.50. The van der Waals surface area contributed by atoms with E-state index in [4.69, 9.17) is 16.6 Å². The lowest BCUT2D eigenvalue weighted by Gasteiger charge is -2.25. The summed E-state index contributed by atoms with van der Waals surface area (Å²) in [5.74, 6) is 1.67. The van der Waals surface area contributed by atoms with Gasteiger partial charge in [-0.2, -0.15) is 0 Å². The van der Waals surface area contributed by atoms with E-state index in [0.29, 0.717) is 5.15 Å². The van der Waals surface area contributed by atoms with Crippen LogP contribution in [0, 0.1) is 5.92 Å². The van der Waals surface area contributed by atoms with Crippen LogP contribution in [0.1, 0.15) is 48.9 Å². The lowest BCUT2D eigenvalue weighted by molar-refractivity contribution is 0.216. The lowest BCUT2D eigenvalue weighted by atomic mass is 9.89. The average molecular weight is 336 g/mol. The maximum atomic E-state index is 6.53. The molecule has 0 radical (unpaired) electrons. The number of rotatable bonds is 2. The van der Waals surface area contributed by atoms with Gasteiger partial charge in [-0.3, -0.25) is 4.90 Å². The third-order valence-electron chi connectivity index (χ3n) is 4.97. The van der Waals surface area contributed by atoms with Crippen molar-refractivity contribution in [1.29, 1.82) is 0 Å². The molecule has 2 aromatic rings. The molecule has 1 aliphatic heterocycles. The summed E-state index contributed by atoms with van der Waals surface area (Å²) < 4.78 is 0. The van der Waals surface area contributed by atoms with E-state index in [9.17, 15) is 0 Å². The molecule has 0 aromatic carbocycles. The highest BCUT2D eigenvalue weighted by Crippen LogP contribution is 2.39. The summed E-state index contributed by atoms with van der Waals surface area (Å²) in [6, 6.07) is 0. The molecule has 0 bridgehead atoms. The third-order valence-corrected chi connectivity index (χ3v) is 6.39. The molecule has 1 atom stereocenters. The molecule has 0 amide bonds. The molecule has 0 saturated carbocycles. The molecule has 1 aliphatic carbocycles. The third kappa shape index (κ3) is 2.77. The first-order chi connectivity index (χ1) is 10.7. The van der Waals surface area contributed by atoms with E-state index in [-0.39, 0.29) is 0 Å². The Hall–Kier alpha value is -0.710. The highest BCUT2D eigenvalue weighted by molar-refractivity contribution is 7.19. The van der Waals surface area contributed by atoms with Gasteiger partial charge in [0.25, 0.3) is 0 Å². The number of hydrogen-bond acceptors (Lipinski definition) is 4. The Morgan fingerprint density at radius 3 is 2.86 bits per heavy atom. The van der Waals surface area contributed by atoms with Crippen molar-refractivity contribution < 1.29 is 0 Å². The van der Waals surface area contributed by atoms with Gasteiger partial charge < -0.3 is 0 Å². The van der Waals surface area contributed by atoms with E-state index in [2.05, 4.69) is 16.8 Å². The van der Waals surface area contributed by atoms with Gasteiger partial charge in [0.1, 0.15) is 15.8 Å². The fourth-order valence-corrected chi connectivity index (χ4v) is 5.49. The van der Waals surface area contributed by atoms with E-state index in [1.54, 1.807) is 0 Å². The maximum Gasteiger partial charge on any atom is 0.145 e. The standard InChI is InChI=1S/C17H22ClN3S/c1-11-5-6-12-13(9-11)22-17-15(12)16(18)19-14(20-17)10-21-7-3-2-4-8-21/h11H,2-10H2,1H3. The maximum absolute atomic E-state index is 6.53. The first-order valence-electron chi connectivity index (χ1n) is 8.39. The van der Waals surface area contributed by atoms with Gasteiger partial charge in [-0.25, -0.2) is 9.97 Å². The van der Waals surface area contributed by atoms with E-state index in [1.807, 2.05) is 11.3 Å². The smallest absolute Gasteiger partial charge is 0.145 e. The van der Waals surface area contributed by atoms with Gasteiger partial charge in [0.2, 0.25) is 0 Å². The number of hydrogen-bond donors (Lipinski definition) is 0. The normalized spacial score (nSPS) is 22.9. The van der Waals surface area contributed by atoms with Crippen molar-refractivity contribution in [1.82, 2.24) is 14.9 Å². The summed E-state index contributed by atoms with van der Waals surface area (Å²) in [7, 11) is 0. The quantitative estimate of drug-likeness (QED) is 0.759. The summed E-state index contributed by atoms with van der Waals surface area (Å²) in [4.78, 5) is 14.5. The molecular weight excluding hydrogens is 314 g/mol. The topological polar surface area (TPSA) is 29.0 Å². The summed E-state index contributed by atoms with van der Waals surface area (Å²) >= 11 is 8.37. The minimum Gasteiger partial charge on any atom is -0.296 e. The fourth-order valence-electron chi connectivity index (χ4n) is 3.73. The number of aromatic nitrogens is 2.